The molecule has 0 unspecified atom stereocenters. The van der Waals surface area contributed by atoms with Crippen LogP contribution in [0.25, 0.3) is 0 Å². The van der Waals surface area contributed by atoms with Crippen LogP contribution in [0.2, 0.25) is 0 Å². The molecule has 1 aromatic heterocycles. The van der Waals surface area contributed by atoms with Crippen LogP contribution in [0.4, 0.5) is 5.13 Å². The minimum atomic E-state index is 0. The molecule has 0 fully saturated rings. The summed E-state index contributed by atoms with van der Waals surface area (Å²) in [7, 11) is 12.0. The van der Waals surface area contributed by atoms with Gasteiger partial charge in [0.05, 0.1) is 12.2 Å². The summed E-state index contributed by atoms with van der Waals surface area (Å²) in [4.78, 5) is 15.1. The number of nitrogens with zero attached hydrogens (tertiary/aromatic N) is 5. The maximum atomic E-state index is 4.56. The number of aliphatic imine (C=N–C) groups is 1. The number of thiazole rings is 1. The number of halogens is 1. The van der Waals surface area contributed by atoms with Crippen molar-refractivity contribution in [3.05, 3.63) is 11.1 Å². The van der Waals surface area contributed by atoms with Gasteiger partial charge < -0.3 is 14.7 Å². The number of guanidine groups is 1. The highest BCUT2D eigenvalue weighted by atomic mass is 127. The lowest BCUT2D eigenvalue weighted by molar-refractivity contribution is 0.479. The van der Waals surface area contributed by atoms with E-state index in [9.17, 15) is 0 Å². The monoisotopic (exact) mass is 383 g/mol. The molecule has 1 aromatic rings. The van der Waals surface area contributed by atoms with E-state index >= 15 is 0 Å². The third-order valence-corrected chi connectivity index (χ3v) is 3.16. The first-order valence-corrected chi connectivity index (χ1v) is 6.30. The van der Waals surface area contributed by atoms with Crippen molar-refractivity contribution in [1.29, 1.82) is 0 Å². The maximum absolute atomic E-state index is 4.56. The van der Waals surface area contributed by atoms with Crippen molar-refractivity contribution >= 4 is 46.4 Å². The Labute approximate surface area is 131 Å². The van der Waals surface area contributed by atoms with E-state index in [0.717, 1.165) is 16.8 Å². The summed E-state index contributed by atoms with van der Waals surface area (Å²) in [6.45, 7) is 0.621. The van der Waals surface area contributed by atoms with Crippen LogP contribution in [-0.2, 0) is 6.54 Å². The summed E-state index contributed by atoms with van der Waals surface area (Å²) in [6, 6.07) is 0. The van der Waals surface area contributed by atoms with Crippen LogP contribution in [0.3, 0.4) is 0 Å². The molecule has 0 spiro atoms. The molecule has 1 heterocycles. The smallest absolute Gasteiger partial charge is 0.195 e. The molecule has 0 bridgehead atoms. The Morgan fingerprint density at radius 1 is 1.17 bits per heavy atom. The van der Waals surface area contributed by atoms with E-state index in [1.165, 1.54) is 0 Å². The second-order valence-corrected chi connectivity index (χ2v) is 5.26. The predicted octanol–water partition coefficient (Wildman–Crippen LogP) is 1.81. The summed E-state index contributed by atoms with van der Waals surface area (Å²) in [5.41, 5.74) is 1.01. The summed E-state index contributed by atoms with van der Waals surface area (Å²) in [5.74, 6) is 0.949. The van der Waals surface area contributed by atoms with Crippen LogP contribution >= 0.6 is 35.3 Å². The van der Waals surface area contributed by atoms with E-state index in [2.05, 4.69) is 15.4 Å². The van der Waals surface area contributed by atoms with Crippen LogP contribution in [0, 0.1) is 0 Å². The van der Waals surface area contributed by atoms with Crippen molar-refractivity contribution in [2.75, 3.05) is 47.2 Å². The van der Waals surface area contributed by atoms with Gasteiger partial charge in [-0.1, -0.05) is 0 Å². The van der Waals surface area contributed by atoms with Crippen molar-refractivity contribution in [2.24, 2.45) is 4.99 Å². The van der Waals surface area contributed by atoms with Gasteiger partial charge in [-0.3, -0.25) is 0 Å². The highest BCUT2D eigenvalue weighted by Gasteiger charge is 2.06. The van der Waals surface area contributed by atoms with Crippen LogP contribution in [0.5, 0.6) is 0 Å². The summed E-state index contributed by atoms with van der Waals surface area (Å²) >= 11 is 1.64. The lowest BCUT2D eigenvalue weighted by atomic mass is 10.5. The van der Waals surface area contributed by atoms with Gasteiger partial charge in [0, 0.05) is 47.7 Å². The Morgan fingerprint density at radius 3 is 2.11 bits per heavy atom. The van der Waals surface area contributed by atoms with Gasteiger partial charge in [-0.2, -0.15) is 0 Å². The number of rotatable bonds is 3. The van der Waals surface area contributed by atoms with Crippen molar-refractivity contribution < 1.29 is 0 Å². The van der Waals surface area contributed by atoms with Crippen molar-refractivity contribution in [3.8, 4) is 0 Å². The topological polar surface area (TPSA) is 35.0 Å². The SMILES string of the molecule is CN(C)C(=NCc1csc(N(C)C)n1)N(C)C.I. The first-order valence-electron chi connectivity index (χ1n) is 5.42. The lowest BCUT2D eigenvalue weighted by Crippen LogP contribution is -2.35. The first kappa shape index (κ1) is 17.4. The number of anilines is 1. The minimum Gasteiger partial charge on any atom is -0.354 e. The van der Waals surface area contributed by atoms with Crippen LogP contribution in [0.1, 0.15) is 5.69 Å². The van der Waals surface area contributed by atoms with E-state index in [-0.39, 0.29) is 24.0 Å². The first-order chi connectivity index (χ1) is 7.91. The van der Waals surface area contributed by atoms with E-state index in [1.807, 2.05) is 57.0 Å². The Morgan fingerprint density at radius 2 is 1.72 bits per heavy atom. The van der Waals surface area contributed by atoms with Gasteiger partial charge in [0.25, 0.3) is 0 Å². The fourth-order valence-corrected chi connectivity index (χ4v) is 2.16. The zero-order valence-electron chi connectivity index (χ0n) is 11.8. The molecule has 0 saturated carbocycles. The Kier molecular flexibility index (Phi) is 7.53. The average molecular weight is 383 g/mol. The quantitative estimate of drug-likeness (QED) is 0.453. The molecule has 0 N–H and O–H groups in total. The molecular formula is C11H22IN5S. The molecule has 5 nitrogen and oxygen atoms in total. The second kappa shape index (κ2) is 7.78. The standard InChI is InChI=1S/C11H21N5S.HI/c1-14(2)10(15(3)4)12-7-9-8-17-11(13-9)16(5)6;/h8H,7H2,1-6H3;1H. The predicted molar refractivity (Wildman–Crippen MR) is 90.4 cm³/mol. The van der Waals surface area contributed by atoms with Crippen molar-refractivity contribution in [1.82, 2.24) is 14.8 Å². The molecule has 1 rings (SSSR count). The number of hydrogen-bond acceptors (Lipinski definition) is 4. The lowest BCUT2D eigenvalue weighted by Gasteiger charge is -2.22. The van der Waals surface area contributed by atoms with Gasteiger partial charge in [0.15, 0.2) is 11.1 Å². The van der Waals surface area contributed by atoms with Crippen LogP contribution in [0.15, 0.2) is 10.4 Å². The van der Waals surface area contributed by atoms with Gasteiger partial charge in [-0.05, 0) is 0 Å². The van der Waals surface area contributed by atoms with Gasteiger partial charge in [-0.15, -0.1) is 35.3 Å². The van der Waals surface area contributed by atoms with Crippen molar-refractivity contribution in [3.63, 3.8) is 0 Å². The van der Waals surface area contributed by atoms with E-state index in [4.69, 9.17) is 0 Å². The molecule has 18 heavy (non-hydrogen) atoms. The maximum Gasteiger partial charge on any atom is 0.195 e. The summed E-state index contributed by atoms with van der Waals surface area (Å²) in [6.07, 6.45) is 0. The zero-order valence-corrected chi connectivity index (χ0v) is 15.0. The Hall–Kier alpha value is -0.570. The second-order valence-electron chi connectivity index (χ2n) is 4.42. The third-order valence-electron chi connectivity index (χ3n) is 2.10. The largest absolute Gasteiger partial charge is 0.354 e. The molecule has 0 aromatic carbocycles. The minimum absolute atomic E-state index is 0. The average Bonchev–Trinajstić information content (AvgIpc) is 2.65. The molecule has 104 valence electrons. The van der Waals surface area contributed by atoms with Gasteiger partial charge in [0.2, 0.25) is 0 Å². The molecule has 0 amide bonds. The summed E-state index contributed by atoms with van der Waals surface area (Å²) < 4.78 is 0. The number of aromatic nitrogens is 1. The van der Waals surface area contributed by atoms with E-state index < -0.39 is 0 Å². The van der Waals surface area contributed by atoms with Gasteiger partial charge in [-0.25, -0.2) is 9.98 Å². The molecule has 0 aliphatic carbocycles. The van der Waals surface area contributed by atoms with Crippen molar-refractivity contribution in [2.45, 2.75) is 6.54 Å². The normalized spacial score (nSPS) is 9.44. The Balaban J connectivity index is 0.00000289. The molecule has 0 aliphatic heterocycles. The molecular weight excluding hydrogens is 361 g/mol. The highest BCUT2D eigenvalue weighted by Crippen LogP contribution is 2.18. The molecule has 0 atom stereocenters. The zero-order chi connectivity index (χ0) is 13.0. The highest BCUT2D eigenvalue weighted by molar-refractivity contribution is 14.0. The molecule has 0 saturated heterocycles. The van der Waals surface area contributed by atoms with Gasteiger partial charge >= 0.3 is 0 Å². The third kappa shape index (κ3) is 4.97. The van der Waals surface area contributed by atoms with Gasteiger partial charge in [0.1, 0.15) is 0 Å². The van der Waals surface area contributed by atoms with E-state index in [1.54, 1.807) is 11.3 Å². The van der Waals surface area contributed by atoms with Crippen LogP contribution < -0.4 is 4.90 Å². The number of hydrogen-bond donors (Lipinski definition) is 0. The fourth-order valence-electron chi connectivity index (χ4n) is 1.41. The molecule has 0 aliphatic rings. The summed E-state index contributed by atoms with van der Waals surface area (Å²) in [5, 5.41) is 3.08. The van der Waals surface area contributed by atoms with Crippen LogP contribution in [-0.4, -0.2) is 63.0 Å². The Bertz CT molecular complexity index is 377. The fraction of sp³-hybridized carbons (Fsp3) is 0.636. The molecule has 0 radical (unpaired) electrons. The molecule has 7 heteroatoms. The van der Waals surface area contributed by atoms with E-state index in [0.29, 0.717) is 6.54 Å².